The number of hydrogen-bond acceptors (Lipinski definition) is 6. The summed E-state index contributed by atoms with van der Waals surface area (Å²) < 4.78 is 1.84. The van der Waals surface area contributed by atoms with Gasteiger partial charge in [0.1, 0.15) is 5.52 Å². The fraction of sp³-hybridized carbons (Fsp3) is 0.429. The Morgan fingerprint density at radius 2 is 1.60 bits per heavy atom. The van der Waals surface area contributed by atoms with Crippen LogP contribution in [0.1, 0.15) is 27.1 Å². The molecule has 1 aliphatic heterocycles. The summed E-state index contributed by atoms with van der Waals surface area (Å²) in [7, 11) is 7.86. The van der Waals surface area contributed by atoms with E-state index in [-0.39, 0.29) is 11.8 Å². The van der Waals surface area contributed by atoms with Gasteiger partial charge in [-0.2, -0.15) is 0 Å². The molecule has 30 heavy (non-hydrogen) atoms. The summed E-state index contributed by atoms with van der Waals surface area (Å²) in [6, 6.07) is 5.20. The summed E-state index contributed by atoms with van der Waals surface area (Å²) >= 11 is 6.40. The topological polar surface area (TPSA) is 74.6 Å². The zero-order valence-electron chi connectivity index (χ0n) is 17.6. The minimum absolute atomic E-state index is 0.300. The summed E-state index contributed by atoms with van der Waals surface area (Å²) in [6.45, 7) is 2.50. The van der Waals surface area contributed by atoms with E-state index < -0.39 is 0 Å². The number of rotatable bonds is 7. The van der Waals surface area contributed by atoms with Crippen LogP contribution < -0.4 is 0 Å². The average molecular weight is 429 g/mol. The minimum atomic E-state index is -0.312. The third-order valence-electron chi connectivity index (χ3n) is 5.37. The van der Waals surface area contributed by atoms with Crippen LogP contribution in [0.2, 0.25) is 5.02 Å². The standard InChI is InChI=1S/C21H25ClN6O2/c1-25(2)6-5-7-28-19-14-10-13(22)11-15-18(14)16(12-17(19)23-24-28)21(30)27(20(15)29)9-8-26(3)4/h10-12H,5-9H2,1-4H3. The first-order chi connectivity index (χ1) is 14.3. The Hall–Kier alpha value is -2.55. The highest BCUT2D eigenvalue weighted by molar-refractivity contribution is 6.35. The zero-order valence-corrected chi connectivity index (χ0v) is 18.4. The Balaban J connectivity index is 1.87. The third-order valence-corrected chi connectivity index (χ3v) is 5.59. The van der Waals surface area contributed by atoms with Crippen LogP contribution in [0.5, 0.6) is 0 Å². The second kappa shape index (κ2) is 7.94. The lowest BCUT2D eigenvalue weighted by molar-refractivity contribution is 0.0601. The molecule has 3 aromatic rings. The van der Waals surface area contributed by atoms with Crippen LogP contribution >= 0.6 is 11.6 Å². The van der Waals surface area contributed by atoms with Gasteiger partial charge in [0.05, 0.1) is 16.6 Å². The van der Waals surface area contributed by atoms with Crippen molar-refractivity contribution in [2.24, 2.45) is 0 Å². The molecule has 1 aliphatic rings. The molecule has 2 heterocycles. The third kappa shape index (κ3) is 3.55. The van der Waals surface area contributed by atoms with E-state index in [1.165, 1.54) is 4.90 Å². The Kier molecular flexibility index (Phi) is 5.48. The Labute approximate surface area is 180 Å². The molecule has 0 N–H and O–H groups in total. The molecule has 4 rings (SSSR count). The predicted molar refractivity (Wildman–Crippen MR) is 117 cm³/mol. The maximum atomic E-state index is 13.2. The molecule has 0 bridgehead atoms. The molecule has 1 aromatic heterocycles. The number of aryl methyl sites for hydroxylation is 1. The summed E-state index contributed by atoms with van der Waals surface area (Å²) in [5.41, 5.74) is 2.36. The van der Waals surface area contributed by atoms with Crippen molar-refractivity contribution in [2.45, 2.75) is 13.0 Å². The number of hydrogen-bond donors (Lipinski definition) is 0. The Morgan fingerprint density at radius 3 is 2.27 bits per heavy atom. The van der Waals surface area contributed by atoms with Gasteiger partial charge in [0.2, 0.25) is 0 Å². The van der Waals surface area contributed by atoms with Gasteiger partial charge < -0.3 is 9.80 Å². The Morgan fingerprint density at radius 1 is 0.933 bits per heavy atom. The fourth-order valence-electron chi connectivity index (χ4n) is 3.91. The van der Waals surface area contributed by atoms with Crippen molar-refractivity contribution < 1.29 is 9.59 Å². The maximum absolute atomic E-state index is 13.2. The molecular formula is C21H25ClN6O2. The second-order valence-corrected chi connectivity index (χ2v) is 8.64. The molecule has 0 aliphatic carbocycles. The highest BCUT2D eigenvalue weighted by atomic mass is 35.5. The number of fused-ring (bicyclic) bond motifs is 2. The van der Waals surface area contributed by atoms with E-state index in [4.69, 9.17) is 11.6 Å². The van der Waals surface area contributed by atoms with Gasteiger partial charge in [0.25, 0.3) is 11.8 Å². The smallest absolute Gasteiger partial charge is 0.261 e. The number of carbonyl (C=O) groups is 2. The van der Waals surface area contributed by atoms with E-state index in [1.54, 1.807) is 18.2 Å². The molecule has 0 saturated heterocycles. The van der Waals surface area contributed by atoms with Crippen molar-refractivity contribution in [1.82, 2.24) is 29.7 Å². The van der Waals surface area contributed by atoms with Crippen LogP contribution in [0.3, 0.4) is 0 Å². The van der Waals surface area contributed by atoms with Crippen molar-refractivity contribution in [2.75, 3.05) is 47.8 Å². The predicted octanol–water partition coefficient (Wildman–Crippen LogP) is 2.35. The Bertz CT molecular complexity index is 1150. The fourth-order valence-corrected chi connectivity index (χ4v) is 4.13. The molecule has 0 unspecified atom stereocenters. The van der Waals surface area contributed by atoms with Gasteiger partial charge in [0.15, 0.2) is 0 Å². The van der Waals surface area contributed by atoms with Crippen LogP contribution in [-0.2, 0) is 6.54 Å². The van der Waals surface area contributed by atoms with Crippen molar-refractivity contribution in [1.29, 1.82) is 0 Å². The lowest BCUT2D eigenvalue weighted by Gasteiger charge is -2.28. The first kappa shape index (κ1) is 20.7. The summed E-state index contributed by atoms with van der Waals surface area (Å²) in [6.07, 6.45) is 0.901. The summed E-state index contributed by atoms with van der Waals surface area (Å²) in [5, 5.41) is 10.4. The molecule has 0 atom stereocenters. The van der Waals surface area contributed by atoms with E-state index in [1.807, 2.05) is 37.8 Å². The molecule has 0 spiro atoms. The van der Waals surface area contributed by atoms with Crippen LogP contribution in [0.4, 0.5) is 0 Å². The van der Waals surface area contributed by atoms with Crippen LogP contribution in [0.25, 0.3) is 21.8 Å². The van der Waals surface area contributed by atoms with Gasteiger partial charge in [-0.05, 0) is 59.4 Å². The first-order valence-corrected chi connectivity index (χ1v) is 10.3. The van der Waals surface area contributed by atoms with Gasteiger partial charge >= 0.3 is 0 Å². The van der Waals surface area contributed by atoms with Gasteiger partial charge in [0, 0.05) is 35.4 Å². The lowest BCUT2D eigenvalue weighted by atomic mass is 9.93. The molecule has 2 aromatic carbocycles. The highest BCUT2D eigenvalue weighted by Gasteiger charge is 2.34. The number of amides is 2. The van der Waals surface area contributed by atoms with Crippen LogP contribution in [-0.4, -0.2) is 89.3 Å². The average Bonchev–Trinajstić information content (AvgIpc) is 3.08. The number of likely N-dealkylation sites (N-methyl/N-ethyl adjacent to an activating group) is 1. The highest BCUT2D eigenvalue weighted by Crippen LogP contribution is 2.37. The van der Waals surface area contributed by atoms with Gasteiger partial charge in [-0.25, -0.2) is 4.68 Å². The molecule has 9 heteroatoms. The number of benzene rings is 2. The van der Waals surface area contributed by atoms with Crippen molar-refractivity contribution in [3.63, 3.8) is 0 Å². The number of carbonyl (C=O) groups excluding carboxylic acids is 2. The monoisotopic (exact) mass is 428 g/mol. The van der Waals surface area contributed by atoms with Gasteiger partial charge in [-0.15, -0.1) is 5.10 Å². The van der Waals surface area contributed by atoms with E-state index in [9.17, 15) is 9.59 Å². The van der Waals surface area contributed by atoms with Gasteiger partial charge in [-0.1, -0.05) is 16.8 Å². The molecule has 0 saturated carbocycles. The molecule has 158 valence electrons. The van der Waals surface area contributed by atoms with E-state index in [2.05, 4.69) is 15.2 Å². The summed E-state index contributed by atoms with van der Waals surface area (Å²) in [5.74, 6) is -0.612. The maximum Gasteiger partial charge on any atom is 0.261 e. The summed E-state index contributed by atoms with van der Waals surface area (Å²) in [4.78, 5) is 31.7. The second-order valence-electron chi connectivity index (χ2n) is 8.20. The number of halogens is 1. The normalized spacial score (nSPS) is 14.2. The van der Waals surface area contributed by atoms with Gasteiger partial charge in [-0.3, -0.25) is 14.5 Å². The number of imide groups is 1. The van der Waals surface area contributed by atoms with Crippen molar-refractivity contribution in [3.05, 3.63) is 34.3 Å². The number of aromatic nitrogens is 3. The molecule has 2 amide bonds. The molecule has 8 nitrogen and oxygen atoms in total. The first-order valence-electron chi connectivity index (χ1n) is 9.93. The van der Waals surface area contributed by atoms with E-state index >= 15 is 0 Å². The van der Waals surface area contributed by atoms with Crippen molar-refractivity contribution in [3.8, 4) is 0 Å². The van der Waals surface area contributed by atoms with Crippen LogP contribution in [0.15, 0.2) is 18.2 Å². The van der Waals surface area contributed by atoms with E-state index in [0.29, 0.717) is 46.7 Å². The van der Waals surface area contributed by atoms with E-state index in [0.717, 1.165) is 23.9 Å². The molecule has 0 fully saturated rings. The largest absolute Gasteiger partial charge is 0.309 e. The quantitative estimate of drug-likeness (QED) is 0.538. The molecular weight excluding hydrogens is 404 g/mol. The van der Waals surface area contributed by atoms with Crippen molar-refractivity contribution >= 4 is 45.2 Å². The molecule has 0 radical (unpaired) electrons. The SMILES string of the molecule is CN(C)CCCn1nnc2cc3c4c(cc(Cl)cc4c21)C(=O)N(CCN(C)C)C3=O. The lowest BCUT2D eigenvalue weighted by Crippen LogP contribution is -2.43. The zero-order chi connectivity index (χ0) is 21.6. The number of nitrogens with zero attached hydrogens (tertiary/aromatic N) is 6. The minimum Gasteiger partial charge on any atom is -0.309 e. The van der Waals surface area contributed by atoms with Crippen LogP contribution in [0, 0.1) is 0 Å².